The first kappa shape index (κ1) is 22.4. The molecular formula is C23H23ClFN3O4. The zero-order valence-corrected chi connectivity index (χ0v) is 18.8. The lowest BCUT2D eigenvalue weighted by molar-refractivity contribution is -0.160. The van der Waals surface area contributed by atoms with Crippen molar-refractivity contribution in [3.63, 3.8) is 0 Å². The van der Waals surface area contributed by atoms with Gasteiger partial charge in [-0.15, -0.1) is 0 Å². The highest BCUT2D eigenvalue weighted by Crippen LogP contribution is 2.34. The molecule has 2 aromatic heterocycles. The van der Waals surface area contributed by atoms with Crippen molar-refractivity contribution in [1.29, 1.82) is 0 Å². The van der Waals surface area contributed by atoms with Crippen LogP contribution in [0.25, 0.3) is 22.2 Å². The van der Waals surface area contributed by atoms with Crippen LogP contribution in [0.3, 0.4) is 0 Å². The molecule has 1 aliphatic rings. The van der Waals surface area contributed by atoms with Crippen molar-refractivity contribution in [2.24, 2.45) is 7.05 Å². The molecule has 7 nitrogen and oxygen atoms in total. The monoisotopic (exact) mass is 459 g/mol. The Morgan fingerprint density at radius 3 is 2.84 bits per heavy atom. The third-order valence-corrected chi connectivity index (χ3v) is 5.98. The van der Waals surface area contributed by atoms with Gasteiger partial charge >= 0.3 is 5.97 Å². The standard InChI is InChI=1S/C23H23ClFN3O4/c1-4-31-23(30)19-9-13(7-8-32-19)17-11-18-20(22(29)28(3)12(2)26-18)21(27-17)15-6-5-14(24)10-16(15)25/h5-6,10-11,13,19H,4,7-9H2,1-3H3/t13-,19-/m1/s1. The molecule has 9 heteroatoms. The van der Waals surface area contributed by atoms with Gasteiger partial charge in [-0.3, -0.25) is 14.3 Å². The van der Waals surface area contributed by atoms with Crippen LogP contribution in [-0.2, 0) is 21.3 Å². The summed E-state index contributed by atoms with van der Waals surface area (Å²) < 4.78 is 27.0. The van der Waals surface area contributed by atoms with E-state index in [0.717, 1.165) is 0 Å². The molecule has 3 aromatic rings. The van der Waals surface area contributed by atoms with Crippen LogP contribution < -0.4 is 5.56 Å². The van der Waals surface area contributed by atoms with Crippen LogP contribution in [0.2, 0.25) is 5.02 Å². The summed E-state index contributed by atoms with van der Waals surface area (Å²) in [4.78, 5) is 34.5. The number of pyridine rings is 1. The van der Waals surface area contributed by atoms with Crippen molar-refractivity contribution >= 4 is 28.5 Å². The summed E-state index contributed by atoms with van der Waals surface area (Å²) in [6, 6.07) is 6.00. The highest BCUT2D eigenvalue weighted by Gasteiger charge is 2.31. The molecule has 0 aliphatic carbocycles. The Morgan fingerprint density at radius 1 is 1.34 bits per heavy atom. The van der Waals surface area contributed by atoms with E-state index in [1.165, 1.54) is 16.7 Å². The van der Waals surface area contributed by atoms with Gasteiger partial charge in [0, 0.05) is 35.9 Å². The van der Waals surface area contributed by atoms with Crippen LogP contribution in [0, 0.1) is 12.7 Å². The van der Waals surface area contributed by atoms with E-state index in [1.807, 2.05) is 0 Å². The zero-order chi connectivity index (χ0) is 23.0. The highest BCUT2D eigenvalue weighted by atomic mass is 35.5. The van der Waals surface area contributed by atoms with Crippen LogP contribution >= 0.6 is 11.6 Å². The quantitative estimate of drug-likeness (QED) is 0.550. The highest BCUT2D eigenvalue weighted by molar-refractivity contribution is 6.30. The lowest BCUT2D eigenvalue weighted by Gasteiger charge is -2.28. The normalized spacial score (nSPS) is 18.7. The number of hydrogen-bond donors (Lipinski definition) is 0. The largest absolute Gasteiger partial charge is 0.464 e. The van der Waals surface area contributed by atoms with E-state index in [-0.39, 0.29) is 39.8 Å². The summed E-state index contributed by atoms with van der Waals surface area (Å²) in [5, 5.41) is 0.479. The van der Waals surface area contributed by atoms with E-state index >= 15 is 0 Å². The van der Waals surface area contributed by atoms with Crippen LogP contribution in [0.15, 0.2) is 29.1 Å². The average molecular weight is 460 g/mol. The Balaban J connectivity index is 1.89. The number of esters is 1. The number of fused-ring (bicyclic) bond motifs is 1. The smallest absolute Gasteiger partial charge is 0.335 e. The van der Waals surface area contributed by atoms with Crippen LogP contribution in [-0.4, -0.2) is 39.8 Å². The summed E-state index contributed by atoms with van der Waals surface area (Å²) >= 11 is 5.93. The third-order valence-electron chi connectivity index (χ3n) is 5.74. The number of benzene rings is 1. The molecule has 168 valence electrons. The molecular weight excluding hydrogens is 437 g/mol. The third kappa shape index (κ3) is 4.12. The SMILES string of the molecule is CCOC(=O)[C@H]1C[C@H](c2cc3nc(C)n(C)c(=O)c3c(-c3ccc(Cl)cc3F)n2)CCO1. The maximum Gasteiger partial charge on any atom is 0.335 e. The molecule has 1 fully saturated rings. The number of halogens is 2. The van der Waals surface area contributed by atoms with Crippen molar-refractivity contribution in [3.8, 4) is 11.3 Å². The molecule has 3 heterocycles. The van der Waals surface area contributed by atoms with E-state index in [4.69, 9.17) is 26.1 Å². The molecule has 1 saturated heterocycles. The van der Waals surface area contributed by atoms with E-state index in [9.17, 15) is 14.0 Å². The maximum absolute atomic E-state index is 14.9. The molecule has 0 spiro atoms. The van der Waals surface area contributed by atoms with Gasteiger partial charge in [-0.2, -0.15) is 0 Å². The second-order valence-corrected chi connectivity index (χ2v) is 8.21. The van der Waals surface area contributed by atoms with Crippen molar-refractivity contribution < 1.29 is 18.7 Å². The Kier molecular flexibility index (Phi) is 6.26. The van der Waals surface area contributed by atoms with Gasteiger partial charge < -0.3 is 9.47 Å². The van der Waals surface area contributed by atoms with Gasteiger partial charge in [0.15, 0.2) is 6.10 Å². The number of carbonyl (C=O) groups excluding carboxylic acids is 1. The first-order valence-corrected chi connectivity index (χ1v) is 10.8. The molecule has 0 saturated carbocycles. The molecule has 2 atom stereocenters. The summed E-state index contributed by atoms with van der Waals surface area (Å²) in [6.45, 7) is 4.10. The number of aromatic nitrogens is 3. The lowest BCUT2D eigenvalue weighted by atomic mass is 9.91. The summed E-state index contributed by atoms with van der Waals surface area (Å²) in [5.41, 5.74) is 1.11. The van der Waals surface area contributed by atoms with Crippen LogP contribution in [0.1, 0.15) is 37.2 Å². The van der Waals surface area contributed by atoms with Gasteiger partial charge in [0.05, 0.1) is 23.2 Å². The van der Waals surface area contributed by atoms with Crippen molar-refractivity contribution in [1.82, 2.24) is 14.5 Å². The molecule has 32 heavy (non-hydrogen) atoms. The number of nitrogens with zero attached hydrogens (tertiary/aromatic N) is 3. The molecule has 0 unspecified atom stereocenters. The summed E-state index contributed by atoms with van der Waals surface area (Å²) in [5.74, 6) is -0.603. The Morgan fingerprint density at radius 2 is 2.12 bits per heavy atom. The number of hydrogen-bond acceptors (Lipinski definition) is 6. The van der Waals surface area contributed by atoms with Crippen molar-refractivity contribution in [3.05, 3.63) is 57.0 Å². The summed E-state index contributed by atoms with van der Waals surface area (Å²) in [6.07, 6.45) is 0.310. The fraction of sp³-hybridized carbons (Fsp3) is 0.391. The minimum absolute atomic E-state index is 0.136. The van der Waals surface area contributed by atoms with E-state index in [2.05, 4.69) is 4.98 Å². The minimum atomic E-state index is -0.694. The van der Waals surface area contributed by atoms with Crippen LogP contribution in [0.4, 0.5) is 4.39 Å². The maximum atomic E-state index is 14.9. The van der Waals surface area contributed by atoms with Gasteiger partial charge in [-0.05, 0) is 51.0 Å². The average Bonchev–Trinajstić information content (AvgIpc) is 2.77. The van der Waals surface area contributed by atoms with Crippen molar-refractivity contribution in [2.45, 2.75) is 38.7 Å². The van der Waals surface area contributed by atoms with E-state index in [0.29, 0.717) is 36.5 Å². The number of rotatable bonds is 4. The first-order valence-electron chi connectivity index (χ1n) is 10.4. The Hall–Kier alpha value is -2.84. The topological polar surface area (TPSA) is 83.3 Å². The number of ether oxygens (including phenoxy) is 2. The summed E-state index contributed by atoms with van der Waals surface area (Å²) in [7, 11) is 1.61. The Bertz CT molecular complexity index is 1260. The van der Waals surface area contributed by atoms with Crippen molar-refractivity contribution in [2.75, 3.05) is 13.2 Å². The van der Waals surface area contributed by atoms with Gasteiger partial charge in [0.25, 0.3) is 5.56 Å². The van der Waals surface area contributed by atoms with E-state index in [1.54, 1.807) is 33.0 Å². The second-order valence-electron chi connectivity index (χ2n) is 7.77. The fourth-order valence-electron chi connectivity index (χ4n) is 3.96. The molecule has 0 N–H and O–H groups in total. The lowest BCUT2D eigenvalue weighted by Crippen LogP contribution is -2.33. The van der Waals surface area contributed by atoms with Gasteiger partial charge in [0.2, 0.25) is 0 Å². The number of aryl methyl sites for hydroxylation is 1. The minimum Gasteiger partial charge on any atom is -0.464 e. The molecule has 0 bridgehead atoms. The van der Waals surface area contributed by atoms with Gasteiger partial charge in [0.1, 0.15) is 11.6 Å². The predicted octanol–water partition coefficient (Wildman–Crippen LogP) is 3.92. The molecule has 1 aliphatic heterocycles. The molecule has 4 rings (SSSR count). The van der Waals surface area contributed by atoms with E-state index < -0.39 is 17.9 Å². The molecule has 0 radical (unpaired) electrons. The zero-order valence-electron chi connectivity index (χ0n) is 18.0. The van der Waals surface area contributed by atoms with Crippen LogP contribution in [0.5, 0.6) is 0 Å². The Labute approximate surface area is 189 Å². The van der Waals surface area contributed by atoms with Gasteiger partial charge in [-0.1, -0.05) is 11.6 Å². The predicted molar refractivity (Wildman–Crippen MR) is 118 cm³/mol. The molecule has 1 aromatic carbocycles. The number of carbonyl (C=O) groups is 1. The molecule has 0 amide bonds. The first-order chi connectivity index (χ1) is 15.3. The van der Waals surface area contributed by atoms with Gasteiger partial charge in [-0.25, -0.2) is 14.2 Å². The fourth-order valence-corrected chi connectivity index (χ4v) is 4.12. The second kappa shape index (κ2) is 8.96.